The molecule has 5 nitrogen and oxygen atoms in total. The van der Waals surface area contributed by atoms with Gasteiger partial charge in [-0.15, -0.1) is 0 Å². The first-order valence-electron chi connectivity index (χ1n) is 7.50. The molecule has 2 atom stereocenters. The summed E-state index contributed by atoms with van der Waals surface area (Å²) in [5, 5.41) is 14.7. The molecule has 0 heterocycles. The van der Waals surface area contributed by atoms with Gasteiger partial charge >= 0.3 is 0 Å². The highest BCUT2D eigenvalue weighted by molar-refractivity contribution is 5.97. The van der Waals surface area contributed by atoms with Crippen molar-refractivity contribution in [3.63, 3.8) is 0 Å². The number of aliphatic hydroxyl groups is 1. The van der Waals surface area contributed by atoms with E-state index in [2.05, 4.69) is 10.6 Å². The highest BCUT2D eigenvalue weighted by Crippen LogP contribution is 2.24. The van der Waals surface area contributed by atoms with Crippen LogP contribution in [0.5, 0.6) is 0 Å². The highest BCUT2D eigenvalue weighted by Gasteiger charge is 2.27. The maximum absolute atomic E-state index is 13.9. The molecule has 0 aromatic heterocycles. The molecule has 1 aliphatic rings. The molecular formula is C16H21FN2O3. The van der Waals surface area contributed by atoms with Gasteiger partial charge in [0.15, 0.2) is 0 Å². The van der Waals surface area contributed by atoms with Gasteiger partial charge in [0, 0.05) is 31.2 Å². The van der Waals surface area contributed by atoms with Gasteiger partial charge in [-0.1, -0.05) is 12.8 Å². The molecule has 1 fully saturated rings. The van der Waals surface area contributed by atoms with Crippen LogP contribution in [-0.2, 0) is 4.79 Å². The van der Waals surface area contributed by atoms with Crippen LogP contribution in [-0.4, -0.2) is 29.6 Å². The summed E-state index contributed by atoms with van der Waals surface area (Å²) < 4.78 is 13.9. The van der Waals surface area contributed by atoms with E-state index in [4.69, 9.17) is 0 Å². The van der Waals surface area contributed by atoms with Crippen LogP contribution in [0.15, 0.2) is 18.2 Å². The molecule has 0 aliphatic heterocycles. The Morgan fingerprint density at radius 3 is 2.73 bits per heavy atom. The Labute approximate surface area is 128 Å². The van der Waals surface area contributed by atoms with Crippen LogP contribution in [0.4, 0.5) is 10.1 Å². The van der Waals surface area contributed by atoms with E-state index >= 15 is 0 Å². The second-order valence-corrected chi connectivity index (χ2v) is 5.68. The van der Waals surface area contributed by atoms with Crippen molar-refractivity contribution in [3.05, 3.63) is 29.6 Å². The Kier molecular flexibility index (Phi) is 5.49. The first-order valence-corrected chi connectivity index (χ1v) is 7.50. The molecule has 1 aromatic carbocycles. The molecule has 6 heteroatoms. The number of rotatable bonds is 4. The van der Waals surface area contributed by atoms with Crippen molar-refractivity contribution in [3.8, 4) is 0 Å². The summed E-state index contributed by atoms with van der Waals surface area (Å²) in [6, 6.07) is 3.74. The first kappa shape index (κ1) is 16.4. The van der Waals surface area contributed by atoms with Gasteiger partial charge in [-0.2, -0.15) is 0 Å². The minimum atomic E-state index is -0.636. The zero-order chi connectivity index (χ0) is 16.1. The van der Waals surface area contributed by atoms with Crippen molar-refractivity contribution in [1.29, 1.82) is 0 Å². The number of hydrogen-bond acceptors (Lipinski definition) is 3. The Morgan fingerprint density at radius 1 is 1.32 bits per heavy atom. The second-order valence-electron chi connectivity index (χ2n) is 5.68. The number of carbonyl (C=O) groups excluding carboxylic acids is 2. The summed E-state index contributed by atoms with van der Waals surface area (Å²) in [6.07, 6.45) is 3.65. The lowest BCUT2D eigenvalue weighted by atomic mass is 9.85. The average molecular weight is 308 g/mol. The third-order valence-electron chi connectivity index (χ3n) is 3.99. The van der Waals surface area contributed by atoms with Crippen molar-refractivity contribution in [2.75, 3.05) is 11.9 Å². The average Bonchev–Trinajstić information content (AvgIpc) is 2.49. The topological polar surface area (TPSA) is 78.4 Å². The lowest BCUT2D eigenvalue weighted by molar-refractivity contribution is -0.114. The molecule has 22 heavy (non-hydrogen) atoms. The molecule has 0 spiro atoms. The lowest BCUT2D eigenvalue weighted by Crippen LogP contribution is -2.43. The monoisotopic (exact) mass is 308 g/mol. The molecular weight excluding hydrogens is 287 g/mol. The number of amides is 2. The third-order valence-corrected chi connectivity index (χ3v) is 3.99. The van der Waals surface area contributed by atoms with Gasteiger partial charge < -0.3 is 15.7 Å². The molecule has 1 saturated carbocycles. The minimum Gasteiger partial charge on any atom is -0.396 e. The quantitative estimate of drug-likeness (QED) is 0.796. The predicted octanol–water partition coefficient (Wildman–Crippen LogP) is 2.06. The Bertz CT molecular complexity index is 562. The van der Waals surface area contributed by atoms with E-state index in [9.17, 15) is 19.1 Å². The van der Waals surface area contributed by atoms with Gasteiger partial charge in [-0.05, 0) is 31.0 Å². The van der Waals surface area contributed by atoms with Gasteiger partial charge in [0.2, 0.25) is 5.91 Å². The summed E-state index contributed by atoms with van der Waals surface area (Å²) in [4.78, 5) is 23.3. The van der Waals surface area contributed by atoms with E-state index < -0.39 is 11.7 Å². The number of nitrogens with one attached hydrogen (secondary N) is 2. The summed E-state index contributed by atoms with van der Waals surface area (Å²) >= 11 is 0. The molecule has 2 rings (SSSR count). The van der Waals surface area contributed by atoms with Gasteiger partial charge in [0.05, 0.1) is 5.56 Å². The summed E-state index contributed by atoms with van der Waals surface area (Å²) in [6.45, 7) is 1.36. The molecule has 3 N–H and O–H groups in total. The number of aliphatic hydroxyl groups excluding tert-OH is 1. The van der Waals surface area contributed by atoms with Gasteiger partial charge in [0.25, 0.3) is 5.91 Å². The molecule has 2 amide bonds. The van der Waals surface area contributed by atoms with E-state index in [0.717, 1.165) is 31.7 Å². The number of benzene rings is 1. The van der Waals surface area contributed by atoms with Gasteiger partial charge in [0.1, 0.15) is 5.82 Å². The van der Waals surface area contributed by atoms with E-state index in [-0.39, 0.29) is 30.0 Å². The second kappa shape index (κ2) is 7.35. The van der Waals surface area contributed by atoms with Crippen LogP contribution in [0.3, 0.4) is 0 Å². The van der Waals surface area contributed by atoms with Crippen LogP contribution >= 0.6 is 0 Å². The third kappa shape index (κ3) is 4.04. The first-order chi connectivity index (χ1) is 10.5. The summed E-state index contributed by atoms with van der Waals surface area (Å²) in [7, 11) is 0. The van der Waals surface area contributed by atoms with Crippen molar-refractivity contribution >= 4 is 17.5 Å². The normalized spacial score (nSPS) is 21.2. The van der Waals surface area contributed by atoms with Crippen LogP contribution in [0, 0.1) is 11.7 Å². The fourth-order valence-corrected chi connectivity index (χ4v) is 2.84. The number of halogens is 1. The molecule has 0 radical (unpaired) electrons. The van der Waals surface area contributed by atoms with E-state index in [0.29, 0.717) is 5.69 Å². The maximum atomic E-state index is 13.9. The van der Waals surface area contributed by atoms with Crippen molar-refractivity contribution in [2.45, 2.75) is 38.6 Å². The van der Waals surface area contributed by atoms with Crippen LogP contribution < -0.4 is 10.6 Å². The van der Waals surface area contributed by atoms with Crippen molar-refractivity contribution < 1.29 is 19.1 Å². The van der Waals surface area contributed by atoms with Crippen molar-refractivity contribution in [2.24, 2.45) is 5.92 Å². The zero-order valence-electron chi connectivity index (χ0n) is 12.6. The lowest BCUT2D eigenvalue weighted by Gasteiger charge is -2.30. The van der Waals surface area contributed by atoms with Crippen LogP contribution in [0.2, 0.25) is 0 Å². The number of anilines is 1. The van der Waals surface area contributed by atoms with Crippen LogP contribution in [0.1, 0.15) is 43.0 Å². The van der Waals surface area contributed by atoms with Gasteiger partial charge in [-0.25, -0.2) is 4.39 Å². The fourth-order valence-electron chi connectivity index (χ4n) is 2.84. The summed E-state index contributed by atoms with van der Waals surface area (Å²) in [5.41, 5.74) is 0.273. The standard InChI is InChI=1S/C16H21FN2O3/c1-10(21)18-12-6-7-14(17)13(8-12)16(22)19-15-5-3-2-4-11(15)9-20/h6-8,11,15,20H,2-5,9H2,1H3,(H,18,21)(H,19,22). The molecule has 0 bridgehead atoms. The summed E-state index contributed by atoms with van der Waals surface area (Å²) in [5.74, 6) is -1.43. The Morgan fingerprint density at radius 2 is 2.05 bits per heavy atom. The number of hydrogen-bond donors (Lipinski definition) is 3. The molecule has 2 unspecified atom stereocenters. The van der Waals surface area contributed by atoms with E-state index in [1.807, 2.05) is 0 Å². The van der Waals surface area contributed by atoms with E-state index in [1.165, 1.54) is 19.1 Å². The predicted molar refractivity (Wildman–Crippen MR) is 81.0 cm³/mol. The molecule has 1 aromatic rings. The highest BCUT2D eigenvalue weighted by atomic mass is 19.1. The molecule has 120 valence electrons. The van der Waals surface area contributed by atoms with E-state index in [1.54, 1.807) is 0 Å². The zero-order valence-corrected chi connectivity index (χ0v) is 12.6. The largest absolute Gasteiger partial charge is 0.396 e. The Hall–Kier alpha value is -1.95. The van der Waals surface area contributed by atoms with Gasteiger partial charge in [-0.3, -0.25) is 9.59 Å². The maximum Gasteiger partial charge on any atom is 0.254 e. The van der Waals surface area contributed by atoms with Crippen molar-refractivity contribution in [1.82, 2.24) is 5.32 Å². The van der Waals surface area contributed by atoms with Crippen LogP contribution in [0.25, 0.3) is 0 Å². The Balaban J connectivity index is 2.12. The molecule has 1 aliphatic carbocycles. The molecule has 0 saturated heterocycles. The SMILES string of the molecule is CC(=O)Nc1ccc(F)c(C(=O)NC2CCCCC2CO)c1. The fraction of sp³-hybridized carbons (Fsp3) is 0.500. The number of carbonyl (C=O) groups is 2. The smallest absolute Gasteiger partial charge is 0.254 e. The minimum absolute atomic E-state index is 0.0132.